The molecule has 10 atom stereocenters. The summed E-state index contributed by atoms with van der Waals surface area (Å²) in [6, 6.07) is 61.6. The molecule has 10 nitrogen and oxygen atoms in total. The Morgan fingerprint density at radius 2 is 0.490 bits per heavy atom. The van der Waals surface area contributed by atoms with Crippen LogP contribution < -0.4 is 0 Å². The fraction of sp³-hybridized carbons (Fsp3) is 0.318. The van der Waals surface area contributed by atoms with E-state index in [0.717, 1.165) is 79.6 Å². The lowest BCUT2D eigenvalue weighted by atomic mass is 9.68. The number of rotatable bonds is 22. The molecule has 10 N–H and O–H groups in total. The van der Waals surface area contributed by atoms with Gasteiger partial charge in [-0.3, -0.25) is 0 Å². The van der Waals surface area contributed by atoms with Gasteiger partial charge >= 0.3 is 0 Å². The molecule has 0 aromatic heterocycles. The summed E-state index contributed by atoms with van der Waals surface area (Å²) in [5, 5.41) is 112. The van der Waals surface area contributed by atoms with Crippen LogP contribution in [0.15, 0.2) is 200 Å². The van der Waals surface area contributed by atoms with E-state index in [1.165, 1.54) is 0 Å². The Balaban J connectivity index is 1.03. The van der Waals surface area contributed by atoms with Crippen LogP contribution in [-0.2, 0) is 0 Å². The molecule has 10 aromatic carbocycles. The third kappa shape index (κ3) is 15.9. The molecule has 0 saturated heterocycles. The van der Waals surface area contributed by atoms with Crippen molar-refractivity contribution < 1.29 is 51.1 Å². The topological polar surface area (TPSA) is 202 Å². The zero-order chi connectivity index (χ0) is 70.8. The van der Waals surface area contributed by atoms with E-state index in [1.54, 1.807) is 66.7 Å². The second-order valence-corrected chi connectivity index (χ2v) is 30.1. The zero-order valence-corrected chi connectivity index (χ0v) is 58.9. The van der Waals surface area contributed by atoms with Crippen LogP contribution >= 0.6 is 0 Å². The molecule has 0 spiro atoms. The molecule has 0 heterocycles. The highest BCUT2D eigenvalue weighted by Gasteiger charge is 2.35. The zero-order valence-electron chi connectivity index (χ0n) is 58.9. The molecule has 0 bridgehead atoms. The normalized spacial score (nSPS) is 15.1. The largest absolute Gasteiger partial charge is 0.508 e. The molecule has 10 unspecified atom stereocenters. The van der Waals surface area contributed by atoms with Crippen molar-refractivity contribution in [2.24, 2.45) is 10.8 Å². The molecule has 0 amide bonds. The van der Waals surface area contributed by atoms with Crippen molar-refractivity contribution in [1.29, 1.82) is 0 Å². The number of aromatic hydroxyl groups is 10. The summed E-state index contributed by atoms with van der Waals surface area (Å²) in [7, 11) is 0. The standard InChI is InChI=1S/C88H98O10/c1-50(57-14-27-69(89)28-15-57)74-41-62(24-37-82(74)94)54(5)80-47-66(46-79(86(80)98)53(4)60-20-33-72(92)34-21-60)56(7)76-43-64(26-39-84(76)96)81(88(11,12)13)48-67(61-22-35-73(93)36-23-61)40-68(49-87(8,9)10)63-25-38-83(95)75(42-63)55(6)65-44-77(51(2)58-16-29-70(90)30-17-58)85(97)78(45-65)52(3)59-18-31-71(91)32-19-59/h14-39,41-47,50-56,67-68,81,89-98H,40,48-49H2,1-13H3. The lowest BCUT2D eigenvalue weighted by molar-refractivity contribution is 0.268. The first-order chi connectivity index (χ1) is 46.3. The van der Waals surface area contributed by atoms with Gasteiger partial charge < -0.3 is 51.1 Å². The van der Waals surface area contributed by atoms with Gasteiger partial charge in [-0.15, -0.1) is 0 Å². The predicted octanol–water partition coefficient (Wildman–Crippen LogP) is 21.7. The monoisotopic (exact) mass is 1310 g/mol. The van der Waals surface area contributed by atoms with Gasteiger partial charge in [-0.25, -0.2) is 0 Å². The van der Waals surface area contributed by atoms with Crippen LogP contribution in [-0.4, -0.2) is 51.1 Å². The van der Waals surface area contributed by atoms with Gasteiger partial charge in [-0.1, -0.05) is 211 Å². The summed E-state index contributed by atoms with van der Waals surface area (Å²) in [6.45, 7) is 28.0. The Hall–Kier alpha value is -9.80. The van der Waals surface area contributed by atoms with E-state index < -0.39 is 0 Å². The van der Waals surface area contributed by atoms with Gasteiger partial charge in [0.25, 0.3) is 0 Å². The van der Waals surface area contributed by atoms with Crippen molar-refractivity contribution in [2.75, 3.05) is 0 Å². The van der Waals surface area contributed by atoms with E-state index in [1.807, 2.05) is 137 Å². The Labute approximate surface area is 579 Å². The molecule has 0 aliphatic carbocycles. The molecular formula is C88H98O10. The van der Waals surface area contributed by atoms with Gasteiger partial charge in [0.15, 0.2) is 0 Å². The minimum atomic E-state index is -0.377. The average molecular weight is 1320 g/mol. The first kappa shape index (κ1) is 71.0. The van der Waals surface area contributed by atoms with Crippen molar-refractivity contribution in [3.05, 3.63) is 295 Å². The van der Waals surface area contributed by atoms with E-state index in [9.17, 15) is 51.1 Å². The molecule has 0 radical (unpaired) electrons. The smallest absolute Gasteiger partial charge is 0.123 e. The minimum absolute atomic E-state index is 0.00794. The molecular weight excluding hydrogens is 1220 g/mol. The summed E-state index contributed by atoms with van der Waals surface area (Å²) < 4.78 is 0. The van der Waals surface area contributed by atoms with Gasteiger partial charge in [0.05, 0.1) is 0 Å². The van der Waals surface area contributed by atoms with Gasteiger partial charge in [0.2, 0.25) is 0 Å². The highest BCUT2D eigenvalue weighted by Crippen LogP contribution is 2.51. The maximum atomic E-state index is 12.6. The number of phenolic OH excluding ortho intramolecular Hbond substituents is 10. The lowest BCUT2D eigenvalue weighted by Crippen LogP contribution is -2.23. The predicted molar refractivity (Wildman–Crippen MR) is 395 cm³/mol. The molecule has 10 rings (SSSR count). The Morgan fingerprint density at radius 3 is 0.816 bits per heavy atom. The van der Waals surface area contributed by atoms with Gasteiger partial charge in [0.1, 0.15) is 57.5 Å². The molecule has 10 aromatic rings. The van der Waals surface area contributed by atoms with E-state index in [4.69, 9.17) is 0 Å². The van der Waals surface area contributed by atoms with E-state index in [0.29, 0.717) is 34.2 Å². The molecule has 0 aliphatic heterocycles. The highest BCUT2D eigenvalue weighted by atomic mass is 16.3. The lowest BCUT2D eigenvalue weighted by Gasteiger charge is -2.37. The fourth-order valence-electron chi connectivity index (χ4n) is 14.8. The second-order valence-electron chi connectivity index (χ2n) is 30.1. The Morgan fingerprint density at radius 1 is 0.245 bits per heavy atom. The van der Waals surface area contributed by atoms with Crippen molar-refractivity contribution in [2.45, 2.75) is 168 Å². The molecule has 510 valence electrons. The third-order valence-electron chi connectivity index (χ3n) is 21.1. The van der Waals surface area contributed by atoms with Crippen LogP contribution in [0.3, 0.4) is 0 Å². The third-order valence-corrected chi connectivity index (χ3v) is 21.1. The van der Waals surface area contributed by atoms with Gasteiger partial charge in [0, 0.05) is 80.4 Å². The second kappa shape index (κ2) is 29.1. The van der Waals surface area contributed by atoms with Crippen LogP contribution in [0.1, 0.15) is 263 Å². The molecule has 10 heteroatoms. The molecule has 0 aliphatic rings. The molecule has 0 saturated carbocycles. The van der Waals surface area contributed by atoms with Crippen LogP contribution in [0.25, 0.3) is 0 Å². The maximum Gasteiger partial charge on any atom is 0.123 e. The summed E-state index contributed by atoms with van der Waals surface area (Å²) in [5.41, 5.74) is 14.1. The van der Waals surface area contributed by atoms with Crippen LogP contribution in [0.4, 0.5) is 0 Å². The maximum absolute atomic E-state index is 12.6. The van der Waals surface area contributed by atoms with E-state index in [2.05, 4.69) is 86.6 Å². The summed E-state index contributed by atoms with van der Waals surface area (Å²) >= 11 is 0. The van der Waals surface area contributed by atoms with Crippen molar-refractivity contribution in [3.8, 4) is 57.5 Å². The van der Waals surface area contributed by atoms with Crippen LogP contribution in [0.2, 0.25) is 0 Å². The SMILES string of the molecule is CC(c1cc(C(C)c2ccc(O)cc2)c(O)c(C(C)c2ccc(O)cc2)c1)c1cc(C(CC(CC(c2ccc(O)c(C(C)c3cc(C(C)c4ccc(O)cc4)c(O)c(C(C)c4ccc(O)c(C(C)c5ccc(O)cc5)c4)c3)c2)C(C)(C)C)c2ccc(O)cc2)CC(C)(C)C)ccc1O. The summed E-state index contributed by atoms with van der Waals surface area (Å²) in [4.78, 5) is 0. The van der Waals surface area contributed by atoms with Crippen molar-refractivity contribution in [3.63, 3.8) is 0 Å². The fourth-order valence-corrected chi connectivity index (χ4v) is 14.8. The quantitative estimate of drug-likeness (QED) is 0.0311. The molecule has 0 fully saturated rings. The first-order valence-corrected chi connectivity index (χ1v) is 34.5. The first-order valence-electron chi connectivity index (χ1n) is 34.5. The number of hydrogen-bond acceptors (Lipinski definition) is 10. The van der Waals surface area contributed by atoms with Gasteiger partial charge in [-0.2, -0.15) is 0 Å². The molecule has 98 heavy (non-hydrogen) atoms. The Bertz CT molecular complexity index is 4310. The van der Waals surface area contributed by atoms with Crippen LogP contribution in [0, 0.1) is 10.8 Å². The van der Waals surface area contributed by atoms with Crippen molar-refractivity contribution >= 4 is 0 Å². The Kier molecular flexibility index (Phi) is 21.1. The number of phenols is 10. The minimum Gasteiger partial charge on any atom is -0.508 e. The summed E-state index contributed by atoms with van der Waals surface area (Å²) in [5.74, 6) is -0.702. The average Bonchev–Trinajstić information content (AvgIpc) is 0.780. The van der Waals surface area contributed by atoms with E-state index >= 15 is 0 Å². The van der Waals surface area contributed by atoms with Gasteiger partial charge in [-0.05, 0) is 182 Å². The van der Waals surface area contributed by atoms with E-state index in [-0.39, 0.29) is 128 Å². The van der Waals surface area contributed by atoms with Crippen molar-refractivity contribution in [1.82, 2.24) is 0 Å². The summed E-state index contributed by atoms with van der Waals surface area (Å²) in [6.07, 6.45) is 2.25. The highest BCUT2D eigenvalue weighted by molar-refractivity contribution is 5.59. The number of benzene rings is 10. The number of hydrogen-bond donors (Lipinski definition) is 10. The van der Waals surface area contributed by atoms with Crippen LogP contribution in [0.5, 0.6) is 57.5 Å².